The van der Waals surface area contributed by atoms with Gasteiger partial charge in [-0.1, -0.05) is 41.0 Å². The van der Waals surface area contributed by atoms with Crippen LogP contribution in [0, 0.1) is 11.8 Å². The van der Waals surface area contributed by atoms with Crippen LogP contribution in [0.15, 0.2) is 0 Å². The molecule has 1 nitrogen and oxygen atoms in total. The van der Waals surface area contributed by atoms with Crippen LogP contribution in [0.4, 0.5) is 0 Å². The molecule has 0 rings (SSSR count). The molecule has 0 spiro atoms. The highest BCUT2D eigenvalue weighted by molar-refractivity contribution is 4.75. The highest BCUT2D eigenvalue weighted by atomic mass is 14.9. The van der Waals surface area contributed by atoms with E-state index in [1.165, 1.54) is 19.3 Å². The van der Waals surface area contributed by atoms with Gasteiger partial charge in [-0.2, -0.15) is 0 Å². The van der Waals surface area contributed by atoms with Gasteiger partial charge in [0.05, 0.1) is 0 Å². The molecule has 1 N–H and O–H groups in total. The molecule has 3 atom stereocenters. The van der Waals surface area contributed by atoms with Crippen molar-refractivity contribution in [3.05, 3.63) is 0 Å². The predicted octanol–water partition coefficient (Wildman–Crippen LogP) is 3.84. The Hall–Kier alpha value is -0.0400. The molecule has 0 aliphatic rings. The lowest BCUT2D eigenvalue weighted by atomic mass is 9.95. The number of hydrogen-bond acceptors (Lipinski definition) is 1. The first-order valence-corrected chi connectivity index (χ1v) is 6.27. The van der Waals surface area contributed by atoms with Crippen LogP contribution in [0.5, 0.6) is 0 Å². The summed E-state index contributed by atoms with van der Waals surface area (Å²) in [5, 5.41) is 3.75. The minimum atomic E-state index is 0.661. The van der Waals surface area contributed by atoms with Gasteiger partial charge < -0.3 is 5.32 Å². The molecular weight excluding hydrogens is 170 g/mol. The number of nitrogens with one attached hydrogen (secondary N) is 1. The Morgan fingerprint density at radius 2 is 1.50 bits per heavy atom. The molecule has 3 unspecified atom stereocenters. The van der Waals surface area contributed by atoms with Crippen molar-refractivity contribution in [2.45, 2.75) is 72.9 Å². The second kappa shape index (κ2) is 7.28. The van der Waals surface area contributed by atoms with Crippen LogP contribution in [0.3, 0.4) is 0 Å². The average Bonchev–Trinajstić information content (AvgIpc) is 2.11. The highest BCUT2D eigenvalue weighted by Crippen LogP contribution is 2.13. The molecule has 0 saturated heterocycles. The molecule has 0 fully saturated rings. The standard InChI is InChI=1S/C13H29N/c1-7-11(5)13(8-2)14-12(6)9-10(3)4/h10-14H,7-9H2,1-6H3. The van der Waals surface area contributed by atoms with Crippen molar-refractivity contribution >= 4 is 0 Å². The SMILES string of the molecule is CCC(C)C(CC)NC(C)CC(C)C. The Kier molecular flexibility index (Phi) is 7.26. The van der Waals surface area contributed by atoms with E-state index in [1.807, 2.05) is 0 Å². The topological polar surface area (TPSA) is 12.0 Å². The molecule has 0 aromatic heterocycles. The summed E-state index contributed by atoms with van der Waals surface area (Å²) in [5.74, 6) is 1.60. The molecule has 0 aliphatic heterocycles. The molecule has 0 saturated carbocycles. The van der Waals surface area contributed by atoms with Crippen LogP contribution in [-0.4, -0.2) is 12.1 Å². The molecule has 1 heteroatoms. The van der Waals surface area contributed by atoms with Gasteiger partial charge in [0.25, 0.3) is 0 Å². The van der Waals surface area contributed by atoms with Gasteiger partial charge >= 0.3 is 0 Å². The quantitative estimate of drug-likeness (QED) is 0.657. The molecule has 0 aromatic rings. The van der Waals surface area contributed by atoms with Gasteiger partial charge in [-0.3, -0.25) is 0 Å². The molecule has 0 radical (unpaired) electrons. The number of rotatable bonds is 7. The van der Waals surface area contributed by atoms with Crippen molar-refractivity contribution in [1.82, 2.24) is 5.32 Å². The molecule has 86 valence electrons. The average molecular weight is 199 g/mol. The van der Waals surface area contributed by atoms with Gasteiger partial charge in [0.1, 0.15) is 0 Å². The van der Waals surface area contributed by atoms with Gasteiger partial charge in [0.15, 0.2) is 0 Å². The minimum Gasteiger partial charge on any atom is -0.311 e. The molecule has 0 heterocycles. The van der Waals surface area contributed by atoms with E-state index in [0.717, 1.165) is 11.8 Å². The van der Waals surface area contributed by atoms with Gasteiger partial charge in [0, 0.05) is 12.1 Å². The molecule has 0 aliphatic carbocycles. The van der Waals surface area contributed by atoms with E-state index >= 15 is 0 Å². The zero-order chi connectivity index (χ0) is 11.1. The normalized spacial score (nSPS) is 18.2. The smallest absolute Gasteiger partial charge is 0.00924 e. The van der Waals surface area contributed by atoms with Crippen LogP contribution in [0.1, 0.15) is 60.8 Å². The van der Waals surface area contributed by atoms with Crippen molar-refractivity contribution < 1.29 is 0 Å². The van der Waals surface area contributed by atoms with Crippen molar-refractivity contribution in [2.24, 2.45) is 11.8 Å². The molecule has 0 bridgehead atoms. The predicted molar refractivity (Wildman–Crippen MR) is 65.6 cm³/mol. The van der Waals surface area contributed by atoms with E-state index in [4.69, 9.17) is 0 Å². The zero-order valence-electron chi connectivity index (χ0n) is 10.9. The van der Waals surface area contributed by atoms with E-state index in [0.29, 0.717) is 12.1 Å². The maximum Gasteiger partial charge on any atom is 0.00924 e. The van der Waals surface area contributed by atoms with Crippen molar-refractivity contribution in [2.75, 3.05) is 0 Å². The molecule has 0 aromatic carbocycles. The van der Waals surface area contributed by atoms with Crippen LogP contribution in [0.25, 0.3) is 0 Å². The van der Waals surface area contributed by atoms with Crippen LogP contribution in [0.2, 0.25) is 0 Å². The molecule has 0 amide bonds. The fourth-order valence-corrected chi connectivity index (χ4v) is 2.11. The first-order chi connectivity index (χ1) is 6.51. The summed E-state index contributed by atoms with van der Waals surface area (Å²) in [6.45, 7) is 13.8. The first-order valence-electron chi connectivity index (χ1n) is 6.27. The lowest BCUT2D eigenvalue weighted by Crippen LogP contribution is -2.40. The summed E-state index contributed by atoms with van der Waals surface area (Å²) in [4.78, 5) is 0. The Balaban J connectivity index is 3.91. The Labute approximate surface area is 90.7 Å². The van der Waals surface area contributed by atoms with E-state index in [2.05, 4.69) is 46.9 Å². The summed E-state index contributed by atoms with van der Waals surface area (Å²) < 4.78 is 0. The van der Waals surface area contributed by atoms with Crippen molar-refractivity contribution in [3.8, 4) is 0 Å². The lowest BCUT2D eigenvalue weighted by molar-refractivity contribution is 0.307. The van der Waals surface area contributed by atoms with Gasteiger partial charge in [-0.05, 0) is 31.6 Å². The maximum absolute atomic E-state index is 3.75. The zero-order valence-corrected chi connectivity index (χ0v) is 10.9. The Morgan fingerprint density at radius 1 is 0.929 bits per heavy atom. The van der Waals surface area contributed by atoms with Crippen molar-refractivity contribution in [1.29, 1.82) is 0 Å². The van der Waals surface area contributed by atoms with Gasteiger partial charge in [-0.15, -0.1) is 0 Å². The third-order valence-corrected chi connectivity index (χ3v) is 3.09. The maximum atomic E-state index is 3.75. The molecular formula is C13H29N. The summed E-state index contributed by atoms with van der Waals surface area (Å²) in [6, 6.07) is 1.36. The fourth-order valence-electron chi connectivity index (χ4n) is 2.11. The van der Waals surface area contributed by atoms with E-state index in [-0.39, 0.29) is 0 Å². The van der Waals surface area contributed by atoms with Gasteiger partial charge in [-0.25, -0.2) is 0 Å². The lowest BCUT2D eigenvalue weighted by Gasteiger charge is -2.27. The first kappa shape index (κ1) is 14.0. The minimum absolute atomic E-state index is 0.661. The second-order valence-electron chi connectivity index (χ2n) is 5.10. The largest absolute Gasteiger partial charge is 0.311 e. The number of hydrogen-bond donors (Lipinski definition) is 1. The third kappa shape index (κ3) is 5.64. The van der Waals surface area contributed by atoms with Crippen molar-refractivity contribution in [3.63, 3.8) is 0 Å². The second-order valence-corrected chi connectivity index (χ2v) is 5.10. The molecule has 14 heavy (non-hydrogen) atoms. The highest BCUT2D eigenvalue weighted by Gasteiger charge is 2.16. The van der Waals surface area contributed by atoms with Crippen LogP contribution >= 0.6 is 0 Å². The summed E-state index contributed by atoms with van der Waals surface area (Å²) >= 11 is 0. The fraction of sp³-hybridized carbons (Fsp3) is 1.00. The van der Waals surface area contributed by atoms with E-state index in [1.54, 1.807) is 0 Å². The van der Waals surface area contributed by atoms with Gasteiger partial charge in [0.2, 0.25) is 0 Å². The van der Waals surface area contributed by atoms with E-state index < -0.39 is 0 Å². The summed E-state index contributed by atoms with van der Waals surface area (Å²) in [5.41, 5.74) is 0. The van der Waals surface area contributed by atoms with E-state index in [9.17, 15) is 0 Å². The summed E-state index contributed by atoms with van der Waals surface area (Å²) in [6.07, 6.45) is 3.81. The Bertz CT molecular complexity index is 131. The summed E-state index contributed by atoms with van der Waals surface area (Å²) in [7, 11) is 0. The monoisotopic (exact) mass is 199 g/mol. The third-order valence-electron chi connectivity index (χ3n) is 3.09. The van der Waals surface area contributed by atoms with Crippen LogP contribution in [-0.2, 0) is 0 Å². The Morgan fingerprint density at radius 3 is 1.86 bits per heavy atom. The van der Waals surface area contributed by atoms with Crippen LogP contribution < -0.4 is 5.32 Å².